The fourth-order valence-electron chi connectivity index (χ4n) is 4.31. The highest BCUT2D eigenvalue weighted by molar-refractivity contribution is 5.69. The van der Waals surface area contributed by atoms with Crippen LogP contribution in [-0.2, 0) is 16.6 Å². The highest BCUT2D eigenvalue weighted by Crippen LogP contribution is 2.58. The van der Waals surface area contributed by atoms with Crippen molar-refractivity contribution < 1.29 is 27.1 Å². The van der Waals surface area contributed by atoms with Gasteiger partial charge in [0.15, 0.2) is 0 Å². The van der Waals surface area contributed by atoms with Crippen molar-refractivity contribution in [1.29, 1.82) is 0 Å². The number of ether oxygens (including phenoxy) is 1. The molecule has 27 heavy (non-hydrogen) atoms. The van der Waals surface area contributed by atoms with Gasteiger partial charge in [-0.05, 0) is 52.4 Å². The van der Waals surface area contributed by atoms with Crippen LogP contribution >= 0.6 is 0 Å². The third-order valence-electron chi connectivity index (χ3n) is 5.78. The molecule has 6 nitrogen and oxygen atoms in total. The lowest BCUT2D eigenvalue weighted by molar-refractivity contribution is -0.165. The van der Waals surface area contributed by atoms with Crippen molar-refractivity contribution in [2.24, 2.45) is 11.3 Å². The van der Waals surface area contributed by atoms with Crippen molar-refractivity contribution in [2.75, 3.05) is 13.1 Å². The third kappa shape index (κ3) is 3.29. The first-order valence-electron chi connectivity index (χ1n) is 9.29. The van der Waals surface area contributed by atoms with Crippen LogP contribution < -0.4 is 0 Å². The zero-order valence-electron chi connectivity index (χ0n) is 15.7. The topological polar surface area (TPSA) is 68.5 Å². The van der Waals surface area contributed by atoms with Gasteiger partial charge in [0.1, 0.15) is 11.0 Å². The molecular weight excluding hydrogens is 363 g/mol. The molecular formula is C18H24F3N3O3. The first kappa shape index (κ1) is 18.6. The van der Waals surface area contributed by atoms with Crippen molar-refractivity contribution in [3.63, 3.8) is 0 Å². The standard InChI is InChI=1S/C18H24F3N3O3/c1-15(2,3)27-14(25)24-9-16(10-24)7-11(8-16)6-12-22-23-13(26-12)17(4-5-17)18(19,20)21/h11H,4-10H2,1-3H3. The molecule has 0 N–H and O–H groups in total. The Balaban J connectivity index is 1.26. The number of carbonyl (C=O) groups is 1. The first-order valence-corrected chi connectivity index (χ1v) is 9.29. The molecule has 1 aliphatic heterocycles. The second-order valence-electron chi connectivity index (χ2n) is 9.40. The van der Waals surface area contributed by atoms with Crippen LogP contribution in [0.5, 0.6) is 0 Å². The number of rotatable bonds is 3. The summed E-state index contributed by atoms with van der Waals surface area (Å²) in [6.45, 7) is 6.85. The summed E-state index contributed by atoms with van der Waals surface area (Å²) in [6.07, 6.45) is -2.28. The number of nitrogens with zero attached hydrogens (tertiary/aromatic N) is 3. The van der Waals surface area contributed by atoms with E-state index in [2.05, 4.69) is 10.2 Å². The van der Waals surface area contributed by atoms with Gasteiger partial charge in [-0.1, -0.05) is 0 Å². The molecule has 4 rings (SSSR count). The van der Waals surface area contributed by atoms with Gasteiger partial charge in [0, 0.05) is 24.9 Å². The van der Waals surface area contributed by atoms with Gasteiger partial charge < -0.3 is 14.1 Å². The van der Waals surface area contributed by atoms with Crippen molar-refractivity contribution in [3.8, 4) is 0 Å². The molecule has 1 amide bonds. The van der Waals surface area contributed by atoms with Gasteiger partial charge >= 0.3 is 12.3 Å². The minimum absolute atomic E-state index is 0.0190. The van der Waals surface area contributed by atoms with E-state index < -0.39 is 17.2 Å². The Bertz CT molecular complexity index is 735. The Morgan fingerprint density at radius 1 is 1.22 bits per heavy atom. The number of carbonyl (C=O) groups excluding carboxylic acids is 1. The quantitative estimate of drug-likeness (QED) is 0.788. The van der Waals surface area contributed by atoms with Gasteiger partial charge in [0.05, 0.1) is 0 Å². The SMILES string of the molecule is CC(C)(C)OC(=O)N1CC2(CC(Cc3nnc(C4(C(F)(F)F)CC4)o3)C2)C1. The normalized spacial score (nSPS) is 23.7. The molecule has 0 atom stereocenters. The zero-order valence-corrected chi connectivity index (χ0v) is 15.7. The van der Waals surface area contributed by atoms with Crippen LogP contribution in [0.2, 0.25) is 0 Å². The molecule has 3 fully saturated rings. The van der Waals surface area contributed by atoms with Crippen LogP contribution in [0, 0.1) is 11.3 Å². The van der Waals surface area contributed by atoms with Crippen LogP contribution in [0.25, 0.3) is 0 Å². The van der Waals surface area contributed by atoms with Crippen molar-refractivity contribution >= 4 is 6.09 Å². The molecule has 1 saturated heterocycles. The lowest BCUT2D eigenvalue weighted by atomic mass is 9.57. The number of alkyl halides is 3. The zero-order chi connectivity index (χ0) is 19.7. The molecule has 2 saturated carbocycles. The summed E-state index contributed by atoms with van der Waals surface area (Å²) in [7, 11) is 0. The Kier molecular flexibility index (Phi) is 3.85. The van der Waals surface area contributed by atoms with E-state index in [1.54, 1.807) is 4.90 Å². The van der Waals surface area contributed by atoms with Crippen LogP contribution in [0.4, 0.5) is 18.0 Å². The molecule has 9 heteroatoms. The molecule has 0 aromatic carbocycles. The fraction of sp³-hybridized carbons (Fsp3) is 0.833. The van der Waals surface area contributed by atoms with E-state index in [4.69, 9.17) is 9.15 Å². The van der Waals surface area contributed by atoms with Crippen LogP contribution in [-0.4, -0.2) is 46.1 Å². The Morgan fingerprint density at radius 2 is 1.85 bits per heavy atom. The van der Waals surface area contributed by atoms with Crippen LogP contribution in [0.3, 0.4) is 0 Å². The van der Waals surface area contributed by atoms with E-state index in [9.17, 15) is 18.0 Å². The van der Waals surface area contributed by atoms with Crippen LogP contribution in [0.1, 0.15) is 58.2 Å². The third-order valence-corrected chi connectivity index (χ3v) is 5.78. The number of halogens is 3. The van der Waals surface area contributed by atoms with Gasteiger partial charge in [-0.25, -0.2) is 4.79 Å². The lowest BCUT2D eigenvalue weighted by Crippen LogP contribution is -2.64. The minimum Gasteiger partial charge on any atom is -0.444 e. The molecule has 2 aliphatic carbocycles. The largest absolute Gasteiger partial charge is 0.444 e. The van der Waals surface area contributed by atoms with E-state index >= 15 is 0 Å². The summed E-state index contributed by atoms with van der Waals surface area (Å²) in [5, 5.41) is 7.49. The van der Waals surface area contributed by atoms with E-state index in [1.807, 2.05) is 20.8 Å². The van der Waals surface area contributed by atoms with Crippen molar-refractivity contribution in [2.45, 2.75) is 70.1 Å². The number of hydrogen-bond donors (Lipinski definition) is 0. The summed E-state index contributed by atoms with van der Waals surface area (Å²) >= 11 is 0. The number of likely N-dealkylation sites (tertiary alicyclic amines) is 1. The molecule has 3 aliphatic rings. The monoisotopic (exact) mass is 387 g/mol. The molecule has 1 aromatic heterocycles. The predicted octanol–water partition coefficient (Wildman–Crippen LogP) is 3.85. The highest BCUT2D eigenvalue weighted by atomic mass is 19.4. The molecule has 150 valence electrons. The van der Waals surface area contributed by atoms with Gasteiger partial charge in [0.2, 0.25) is 11.8 Å². The summed E-state index contributed by atoms with van der Waals surface area (Å²) in [4.78, 5) is 13.7. The van der Waals surface area contributed by atoms with E-state index in [-0.39, 0.29) is 36.1 Å². The first-order chi connectivity index (χ1) is 12.4. The van der Waals surface area contributed by atoms with Gasteiger partial charge in [-0.2, -0.15) is 13.2 Å². The minimum atomic E-state index is -4.34. The van der Waals surface area contributed by atoms with E-state index in [0.29, 0.717) is 25.4 Å². The lowest BCUT2D eigenvalue weighted by Gasteiger charge is -2.58. The summed E-state index contributed by atoms with van der Waals surface area (Å²) in [5.74, 6) is 0.294. The number of aromatic nitrogens is 2. The van der Waals surface area contributed by atoms with Gasteiger partial charge in [0.25, 0.3) is 0 Å². The maximum absolute atomic E-state index is 13.1. The van der Waals surface area contributed by atoms with Crippen molar-refractivity contribution in [1.82, 2.24) is 15.1 Å². The number of hydrogen-bond acceptors (Lipinski definition) is 5. The maximum atomic E-state index is 13.1. The average molecular weight is 387 g/mol. The molecule has 0 unspecified atom stereocenters. The fourth-order valence-corrected chi connectivity index (χ4v) is 4.31. The number of amides is 1. The summed E-state index contributed by atoms with van der Waals surface area (Å²) in [6, 6.07) is 0. The van der Waals surface area contributed by atoms with E-state index in [1.165, 1.54) is 0 Å². The molecule has 0 bridgehead atoms. The second-order valence-corrected chi connectivity index (χ2v) is 9.40. The van der Waals surface area contributed by atoms with Crippen molar-refractivity contribution in [3.05, 3.63) is 11.8 Å². The maximum Gasteiger partial charge on any atom is 0.410 e. The molecule has 1 aromatic rings. The molecule has 1 spiro atoms. The van der Waals surface area contributed by atoms with Gasteiger partial charge in [-0.3, -0.25) is 0 Å². The van der Waals surface area contributed by atoms with E-state index in [0.717, 1.165) is 12.8 Å². The van der Waals surface area contributed by atoms with Crippen LogP contribution in [0.15, 0.2) is 4.42 Å². The molecule has 0 radical (unpaired) electrons. The van der Waals surface area contributed by atoms with Gasteiger partial charge in [-0.15, -0.1) is 10.2 Å². The summed E-state index contributed by atoms with van der Waals surface area (Å²) in [5.41, 5.74) is -2.30. The Hall–Kier alpha value is -1.80. The Morgan fingerprint density at radius 3 is 2.37 bits per heavy atom. The highest BCUT2D eigenvalue weighted by Gasteiger charge is 2.68. The smallest absolute Gasteiger partial charge is 0.410 e. The molecule has 2 heterocycles. The Labute approximate surface area is 155 Å². The second kappa shape index (κ2) is 5.61. The predicted molar refractivity (Wildman–Crippen MR) is 87.9 cm³/mol. The summed E-state index contributed by atoms with van der Waals surface area (Å²) < 4.78 is 50.1. The average Bonchev–Trinajstić information content (AvgIpc) is 3.12.